The molecule has 0 saturated heterocycles. The van der Waals surface area contributed by atoms with Crippen LogP contribution < -0.4 is 10.6 Å². The molecule has 122 valence electrons. The Morgan fingerprint density at radius 1 is 1.22 bits per heavy atom. The summed E-state index contributed by atoms with van der Waals surface area (Å²) in [5.41, 5.74) is 7.68. The average Bonchev–Trinajstić information content (AvgIpc) is 2.90. The highest BCUT2D eigenvalue weighted by Crippen LogP contribution is 2.25. The van der Waals surface area contributed by atoms with Crippen LogP contribution in [0.25, 0.3) is 0 Å². The quantitative estimate of drug-likeness (QED) is 0.907. The fourth-order valence-corrected chi connectivity index (χ4v) is 3.18. The van der Waals surface area contributed by atoms with E-state index < -0.39 is 5.91 Å². The molecule has 23 heavy (non-hydrogen) atoms. The van der Waals surface area contributed by atoms with Crippen molar-refractivity contribution in [1.82, 2.24) is 9.88 Å². The first-order valence-corrected chi connectivity index (χ1v) is 7.95. The summed E-state index contributed by atoms with van der Waals surface area (Å²) in [7, 11) is 5.28. The van der Waals surface area contributed by atoms with Crippen molar-refractivity contribution in [2.24, 2.45) is 5.73 Å². The lowest BCUT2D eigenvalue weighted by molar-refractivity contribution is 0.0785. The van der Waals surface area contributed by atoms with E-state index in [1.165, 1.54) is 11.3 Å². The Bertz CT molecular complexity index is 739. The molecule has 1 aromatic heterocycles. The maximum Gasteiger partial charge on any atom is 0.256 e. The van der Waals surface area contributed by atoms with Gasteiger partial charge in [-0.2, -0.15) is 0 Å². The lowest BCUT2D eigenvalue weighted by atomic mass is 10.0. The predicted molar refractivity (Wildman–Crippen MR) is 91.9 cm³/mol. The molecule has 2 rings (SSSR count). The Morgan fingerprint density at radius 3 is 2.39 bits per heavy atom. The summed E-state index contributed by atoms with van der Waals surface area (Å²) in [6.07, 6.45) is 0. The first kappa shape index (κ1) is 17.0. The number of amides is 2. The maximum absolute atomic E-state index is 12.8. The largest absolute Gasteiger partial charge is 0.376 e. The molecule has 2 N–H and O–H groups in total. The molecule has 1 aromatic carbocycles. The van der Waals surface area contributed by atoms with E-state index in [1.807, 2.05) is 12.3 Å². The van der Waals surface area contributed by atoms with E-state index in [-0.39, 0.29) is 5.91 Å². The number of benzene rings is 1. The van der Waals surface area contributed by atoms with Crippen LogP contribution in [0.15, 0.2) is 23.6 Å². The number of nitrogens with zero attached hydrogens (tertiary/aromatic N) is 3. The van der Waals surface area contributed by atoms with E-state index in [2.05, 4.69) is 4.98 Å². The number of aryl methyl sites for hydroxylation is 1. The van der Waals surface area contributed by atoms with Gasteiger partial charge in [0.05, 0.1) is 23.4 Å². The molecule has 2 aromatic rings. The highest BCUT2D eigenvalue weighted by Gasteiger charge is 2.22. The smallest absolute Gasteiger partial charge is 0.256 e. The highest BCUT2D eigenvalue weighted by atomic mass is 32.1. The summed E-state index contributed by atoms with van der Waals surface area (Å²) < 4.78 is 0. The molecule has 0 radical (unpaired) electrons. The molecule has 2 amide bonds. The van der Waals surface area contributed by atoms with E-state index in [1.54, 1.807) is 49.1 Å². The summed E-state index contributed by atoms with van der Waals surface area (Å²) in [5.74, 6) is -0.730. The lowest BCUT2D eigenvalue weighted by Gasteiger charge is -2.23. The Kier molecular flexibility index (Phi) is 5.00. The minimum absolute atomic E-state index is 0.176. The minimum atomic E-state index is -0.554. The number of nitrogens with two attached hydrogens (primary N) is 1. The molecule has 0 fully saturated rings. The van der Waals surface area contributed by atoms with E-state index in [9.17, 15) is 9.59 Å². The summed E-state index contributed by atoms with van der Waals surface area (Å²) in [6, 6.07) is 4.99. The van der Waals surface area contributed by atoms with E-state index in [4.69, 9.17) is 5.73 Å². The molecular formula is C16H20N4O2S. The van der Waals surface area contributed by atoms with Gasteiger partial charge in [0.15, 0.2) is 0 Å². The summed E-state index contributed by atoms with van der Waals surface area (Å²) in [4.78, 5) is 32.1. The maximum atomic E-state index is 12.8. The summed E-state index contributed by atoms with van der Waals surface area (Å²) in [5, 5.41) is 2.82. The fourth-order valence-electron chi connectivity index (χ4n) is 2.35. The van der Waals surface area contributed by atoms with Crippen LogP contribution in [-0.4, -0.2) is 42.8 Å². The molecule has 0 aliphatic heterocycles. The van der Waals surface area contributed by atoms with Gasteiger partial charge in [-0.3, -0.25) is 9.59 Å². The van der Waals surface area contributed by atoms with E-state index >= 15 is 0 Å². The number of rotatable bonds is 5. The van der Waals surface area contributed by atoms with Crippen LogP contribution in [0.3, 0.4) is 0 Å². The Labute approximate surface area is 139 Å². The van der Waals surface area contributed by atoms with Gasteiger partial charge in [0.2, 0.25) is 0 Å². The van der Waals surface area contributed by atoms with Gasteiger partial charge in [-0.05, 0) is 19.1 Å². The van der Waals surface area contributed by atoms with Gasteiger partial charge in [-0.25, -0.2) is 4.98 Å². The second kappa shape index (κ2) is 6.78. The van der Waals surface area contributed by atoms with Gasteiger partial charge in [0.1, 0.15) is 5.01 Å². The number of anilines is 1. The number of aromatic nitrogens is 1. The fraction of sp³-hybridized carbons (Fsp3) is 0.312. The monoisotopic (exact) mass is 332 g/mol. The van der Waals surface area contributed by atoms with Crippen LogP contribution in [0.2, 0.25) is 0 Å². The van der Waals surface area contributed by atoms with Gasteiger partial charge in [-0.15, -0.1) is 11.3 Å². The first-order chi connectivity index (χ1) is 10.8. The van der Waals surface area contributed by atoms with Crippen LogP contribution in [-0.2, 0) is 6.54 Å². The zero-order valence-electron chi connectivity index (χ0n) is 13.7. The zero-order chi connectivity index (χ0) is 17.1. The van der Waals surface area contributed by atoms with E-state index in [0.717, 1.165) is 10.7 Å². The SMILES string of the molecule is Cc1csc(CN(C)C(=O)c2cccc(C(N)=O)c2N(C)C)n1. The predicted octanol–water partition coefficient (Wildman–Crippen LogP) is 1.89. The molecule has 0 unspecified atom stereocenters. The summed E-state index contributed by atoms with van der Waals surface area (Å²) >= 11 is 1.52. The number of primary amides is 1. The van der Waals surface area contributed by atoms with Crippen LogP contribution >= 0.6 is 11.3 Å². The summed E-state index contributed by atoms with van der Waals surface area (Å²) in [6.45, 7) is 2.34. The third-order valence-electron chi connectivity index (χ3n) is 3.36. The van der Waals surface area contributed by atoms with Crippen molar-refractivity contribution < 1.29 is 9.59 Å². The molecule has 0 atom stereocenters. The number of hydrogen-bond donors (Lipinski definition) is 1. The molecule has 0 aliphatic carbocycles. The van der Waals surface area contributed by atoms with Crippen molar-refractivity contribution in [1.29, 1.82) is 0 Å². The normalized spacial score (nSPS) is 10.4. The molecule has 0 saturated carbocycles. The van der Waals surface area contributed by atoms with Crippen molar-refractivity contribution >= 4 is 28.8 Å². The lowest BCUT2D eigenvalue weighted by Crippen LogP contribution is -2.29. The second-order valence-electron chi connectivity index (χ2n) is 5.50. The van der Waals surface area contributed by atoms with Crippen LogP contribution in [0, 0.1) is 6.92 Å². The van der Waals surface area contributed by atoms with Gasteiger partial charge in [0, 0.05) is 32.2 Å². The van der Waals surface area contributed by atoms with Crippen LogP contribution in [0.5, 0.6) is 0 Å². The number of thiazole rings is 1. The van der Waals surface area contributed by atoms with Crippen molar-refractivity contribution in [3.8, 4) is 0 Å². The van der Waals surface area contributed by atoms with Crippen LogP contribution in [0.4, 0.5) is 5.69 Å². The van der Waals surface area contributed by atoms with Crippen molar-refractivity contribution in [3.05, 3.63) is 45.4 Å². The number of carbonyl (C=O) groups excluding carboxylic acids is 2. The molecule has 1 heterocycles. The average molecular weight is 332 g/mol. The highest BCUT2D eigenvalue weighted by molar-refractivity contribution is 7.09. The van der Waals surface area contributed by atoms with Crippen molar-refractivity contribution in [3.63, 3.8) is 0 Å². The molecule has 0 spiro atoms. The number of hydrogen-bond acceptors (Lipinski definition) is 5. The molecular weight excluding hydrogens is 312 g/mol. The topological polar surface area (TPSA) is 79.5 Å². The van der Waals surface area contributed by atoms with Gasteiger partial charge < -0.3 is 15.5 Å². The second-order valence-corrected chi connectivity index (χ2v) is 6.45. The van der Waals surface area contributed by atoms with Crippen LogP contribution in [0.1, 0.15) is 31.4 Å². The Hall–Kier alpha value is -2.41. The number of carbonyl (C=O) groups is 2. The minimum Gasteiger partial charge on any atom is -0.376 e. The zero-order valence-corrected chi connectivity index (χ0v) is 14.5. The van der Waals surface area contributed by atoms with Crippen molar-refractivity contribution in [2.75, 3.05) is 26.0 Å². The van der Waals surface area contributed by atoms with Crippen molar-refractivity contribution in [2.45, 2.75) is 13.5 Å². The molecule has 7 heteroatoms. The Balaban J connectivity index is 2.34. The number of para-hydroxylation sites is 1. The molecule has 6 nitrogen and oxygen atoms in total. The van der Waals surface area contributed by atoms with Gasteiger partial charge in [-0.1, -0.05) is 6.07 Å². The standard InChI is InChI=1S/C16H20N4O2S/c1-10-9-23-13(18-10)8-20(4)16(22)12-7-5-6-11(15(17)21)14(12)19(2)3/h5-7,9H,8H2,1-4H3,(H2,17,21). The Morgan fingerprint density at radius 2 is 1.87 bits per heavy atom. The molecule has 0 bridgehead atoms. The first-order valence-electron chi connectivity index (χ1n) is 7.08. The van der Waals surface area contributed by atoms with Gasteiger partial charge in [0.25, 0.3) is 11.8 Å². The third-order valence-corrected chi connectivity index (χ3v) is 4.32. The molecule has 0 aliphatic rings. The van der Waals surface area contributed by atoms with Gasteiger partial charge >= 0.3 is 0 Å². The third kappa shape index (κ3) is 3.68. The van der Waals surface area contributed by atoms with E-state index in [0.29, 0.717) is 23.4 Å².